The van der Waals surface area contributed by atoms with E-state index in [1.54, 1.807) is 6.08 Å². The zero-order valence-electron chi connectivity index (χ0n) is 9.34. The van der Waals surface area contributed by atoms with Gasteiger partial charge >= 0.3 is 0 Å². The summed E-state index contributed by atoms with van der Waals surface area (Å²) in [6.07, 6.45) is 2.60. The summed E-state index contributed by atoms with van der Waals surface area (Å²) in [5, 5.41) is 2.85. The van der Waals surface area contributed by atoms with Crippen LogP contribution in [0.1, 0.15) is 27.9 Å². The third kappa shape index (κ3) is 3.24. The molecule has 0 aliphatic carbocycles. The van der Waals surface area contributed by atoms with Gasteiger partial charge in [-0.05, 0) is 31.9 Å². The number of hydrogen-bond acceptors (Lipinski definition) is 1. The monoisotopic (exact) mass is 203 g/mol. The Morgan fingerprint density at radius 3 is 2.80 bits per heavy atom. The molecule has 1 aromatic rings. The lowest BCUT2D eigenvalue weighted by Crippen LogP contribution is -2.24. The van der Waals surface area contributed by atoms with Crippen LogP contribution in [-0.4, -0.2) is 12.5 Å². The van der Waals surface area contributed by atoms with Crippen molar-refractivity contribution in [3.8, 4) is 0 Å². The summed E-state index contributed by atoms with van der Waals surface area (Å²) >= 11 is 0. The van der Waals surface area contributed by atoms with Crippen LogP contribution in [0, 0.1) is 13.8 Å². The number of hydrogen-bond donors (Lipinski definition) is 1. The maximum absolute atomic E-state index is 11.7. The maximum Gasteiger partial charge on any atom is 0.251 e. The summed E-state index contributed by atoms with van der Waals surface area (Å²) in [6, 6.07) is 5.84. The Bertz CT molecular complexity index is 369. The molecule has 2 nitrogen and oxygen atoms in total. The van der Waals surface area contributed by atoms with E-state index in [9.17, 15) is 4.79 Å². The Kier molecular flexibility index (Phi) is 4.10. The summed E-state index contributed by atoms with van der Waals surface area (Å²) in [5.41, 5.74) is 2.95. The van der Waals surface area contributed by atoms with Crippen LogP contribution in [0.3, 0.4) is 0 Å². The molecule has 80 valence electrons. The summed E-state index contributed by atoms with van der Waals surface area (Å²) in [4.78, 5) is 11.7. The molecule has 0 spiro atoms. The highest BCUT2D eigenvalue weighted by Crippen LogP contribution is 2.10. The van der Waals surface area contributed by atoms with Crippen LogP contribution in [-0.2, 0) is 0 Å². The predicted octanol–water partition coefficient (Wildman–Crippen LogP) is 2.61. The van der Waals surface area contributed by atoms with E-state index in [1.165, 1.54) is 5.56 Å². The lowest BCUT2D eigenvalue weighted by molar-refractivity contribution is 0.0954. The Hall–Kier alpha value is -1.57. The largest absolute Gasteiger partial charge is 0.352 e. The Balaban J connectivity index is 2.69. The van der Waals surface area contributed by atoms with Gasteiger partial charge in [-0.25, -0.2) is 0 Å². The van der Waals surface area contributed by atoms with E-state index in [4.69, 9.17) is 0 Å². The zero-order valence-corrected chi connectivity index (χ0v) is 9.34. The zero-order chi connectivity index (χ0) is 11.3. The van der Waals surface area contributed by atoms with Gasteiger partial charge in [0.1, 0.15) is 0 Å². The number of amides is 1. The van der Waals surface area contributed by atoms with Crippen molar-refractivity contribution in [2.45, 2.75) is 20.3 Å². The number of rotatable bonds is 4. The Morgan fingerprint density at radius 2 is 2.20 bits per heavy atom. The molecule has 0 unspecified atom stereocenters. The van der Waals surface area contributed by atoms with Gasteiger partial charge in [-0.15, -0.1) is 6.58 Å². The molecular formula is C13H17NO. The second kappa shape index (κ2) is 5.35. The highest BCUT2D eigenvalue weighted by atomic mass is 16.1. The first kappa shape index (κ1) is 11.5. The normalized spacial score (nSPS) is 9.73. The number of carbonyl (C=O) groups excluding carboxylic acids is 1. The fourth-order valence-corrected chi connectivity index (χ4v) is 1.45. The molecular weight excluding hydrogens is 186 g/mol. The summed E-state index contributed by atoms with van der Waals surface area (Å²) in [6.45, 7) is 8.23. The van der Waals surface area contributed by atoms with Crippen molar-refractivity contribution in [3.63, 3.8) is 0 Å². The molecule has 1 rings (SSSR count). The average molecular weight is 203 g/mol. The standard InChI is InChI=1S/C13H17NO/c1-4-5-8-14-13(15)12-7-6-10(2)9-11(12)3/h4,6-7,9H,1,5,8H2,2-3H3,(H,14,15). The molecule has 0 aliphatic rings. The molecule has 1 N–H and O–H groups in total. The summed E-state index contributed by atoms with van der Waals surface area (Å²) in [7, 11) is 0. The predicted molar refractivity (Wildman–Crippen MR) is 63.1 cm³/mol. The SMILES string of the molecule is C=CCCNC(=O)c1ccc(C)cc1C. The van der Waals surface area contributed by atoms with Crippen molar-refractivity contribution < 1.29 is 4.79 Å². The van der Waals surface area contributed by atoms with Crippen molar-refractivity contribution in [2.24, 2.45) is 0 Å². The van der Waals surface area contributed by atoms with Crippen LogP contribution in [0.15, 0.2) is 30.9 Å². The van der Waals surface area contributed by atoms with Crippen LogP contribution in [0.4, 0.5) is 0 Å². The molecule has 0 fully saturated rings. The van der Waals surface area contributed by atoms with Gasteiger partial charge in [0.25, 0.3) is 5.91 Å². The van der Waals surface area contributed by atoms with Gasteiger partial charge in [0.05, 0.1) is 0 Å². The van der Waals surface area contributed by atoms with Crippen molar-refractivity contribution in [1.82, 2.24) is 5.32 Å². The van der Waals surface area contributed by atoms with Gasteiger partial charge in [0.15, 0.2) is 0 Å². The third-order valence-corrected chi connectivity index (χ3v) is 2.26. The Morgan fingerprint density at radius 1 is 1.47 bits per heavy atom. The number of nitrogens with one attached hydrogen (secondary N) is 1. The molecule has 0 saturated carbocycles. The number of benzene rings is 1. The second-order valence-electron chi connectivity index (χ2n) is 3.65. The van der Waals surface area contributed by atoms with Crippen LogP contribution in [0.2, 0.25) is 0 Å². The fraction of sp³-hybridized carbons (Fsp3) is 0.308. The van der Waals surface area contributed by atoms with Gasteiger partial charge in [0, 0.05) is 12.1 Å². The molecule has 0 bridgehead atoms. The van der Waals surface area contributed by atoms with Crippen molar-refractivity contribution in [2.75, 3.05) is 6.54 Å². The average Bonchev–Trinajstić information content (AvgIpc) is 2.17. The third-order valence-electron chi connectivity index (χ3n) is 2.26. The molecule has 2 heteroatoms. The van der Waals surface area contributed by atoms with E-state index >= 15 is 0 Å². The highest BCUT2D eigenvalue weighted by Gasteiger charge is 2.07. The van der Waals surface area contributed by atoms with Gasteiger partial charge in [-0.2, -0.15) is 0 Å². The Labute approximate surface area is 91.0 Å². The van der Waals surface area contributed by atoms with Crippen molar-refractivity contribution in [3.05, 3.63) is 47.5 Å². The van der Waals surface area contributed by atoms with Gasteiger partial charge < -0.3 is 5.32 Å². The number of aryl methyl sites for hydroxylation is 2. The molecule has 15 heavy (non-hydrogen) atoms. The minimum atomic E-state index is -0.00523. The molecule has 0 aromatic heterocycles. The van der Waals surface area contributed by atoms with Gasteiger partial charge in [-0.1, -0.05) is 23.8 Å². The summed E-state index contributed by atoms with van der Waals surface area (Å²) < 4.78 is 0. The maximum atomic E-state index is 11.7. The first-order valence-corrected chi connectivity index (χ1v) is 5.11. The van der Waals surface area contributed by atoms with Gasteiger partial charge in [-0.3, -0.25) is 4.79 Å². The molecule has 0 saturated heterocycles. The molecule has 0 atom stereocenters. The first-order chi connectivity index (χ1) is 7.15. The van der Waals surface area contributed by atoms with Crippen molar-refractivity contribution >= 4 is 5.91 Å². The van der Waals surface area contributed by atoms with E-state index in [1.807, 2.05) is 32.0 Å². The van der Waals surface area contributed by atoms with Crippen LogP contribution >= 0.6 is 0 Å². The van der Waals surface area contributed by atoms with E-state index in [2.05, 4.69) is 11.9 Å². The lowest BCUT2D eigenvalue weighted by atomic mass is 10.1. The lowest BCUT2D eigenvalue weighted by Gasteiger charge is -2.07. The molecule has 0 aliphatic heterocycles. The molecule has 0 heterocycles. The van der Waals surface area contributed by atoms with Crippen LogP contribution in [0.5, 0.6) is 0 Å². The molecule has 1 amide bonds. The first-order valence-electron chi connectivity index (χ1n) is 5.11. The van der Waals surface area contributed by atoms with E-state index in [0.29, 0.717) is 6.54 Å². The minimum absolute atomic E-state index is 0.00523. The minimum Gasteiger partial charge on any atom is -0.352 e. The fourth-order valence-electron chi connectivity index (χ4n) is 1.45. The quantitative estimate of drug-likeness (QED) is 0.591. The van der Waals surface area contributed by atoms with E-state index < -0.39 is 0 Å². The smallest absolute Gasteiger partial charge is 0.251 e. The van der Waals surface area contributed by atoms with Gasteiger partial charge in [0.2, 0.25) is 0 Å². The van der Waals surface area contributed by atoms with Crippen LogP contribution in [0.25, 0.3) is 0 Å². The van der Waals surface area contributed by atoms with E-state index in [0.717, 1.165) is 17.5 Å². The topological polar surface area (TPSA) is 29.1 Å². The second-order valence-corrected chi connectivity index (χ2v) is 3.65. The van der Waals surface area contributed by atoms with Crippen LogP contribution < -0.4 is 5.32 Å². The number of carbonyl (C=O) groups is 1. The molecule has 1 aromatic carbocycles. The van der Waals surface area contributed by atoms with E-state index in [-0.39, 0.29) is 5.91 Å². The summed E-state index contributed by atoms with van der Waals surface area (Å²) in [5.74, 6) is -0.00523. The highest BCUT2D eigenvalue weighted by molar-refractivity contribution is 5.95. The van der Waals surface area contributed by atoms with Crippen molar-refractivity contribution in [1.29, 1.82) is 0 Å². The molecule has 0 radical (unpaired) electrons.